The summed E-state index contributed by atoms with van der Waals surface area (Å²) < 4.78 is 5.19. The number of halogens is 1. The first-order valence-corrected chi connectivity index (χ1v) is 7.53. The first-order chi connectivity index (χ1) is 10.6. The molecule has 7 heteroatoms. The van der Waals surface area contributed by atoms with Crippen molar-refractivity contribution in [2.75, 3.05) is 32.1 Å². The van der Waals surface area contributed by atoms with Gasteiger partial charge in [-0.05, 0) is 31.5 Å². The number of nitrogens with two attached hydrogens (primary N) is 1. The molecule has 0 heterocycles. The third kappa shape index (κ3) is 7.34. The first kappa shape index (κ1) is 21.2. The van der Waals surface area contributed by atoms with E-state index in [4.69, 9.17) is 10.5 Å². The molecule has 3 N–H and O–H groups in total. The molecule has 1 aromatic rings. The van der Waals surface area contributed by atoms with Crippen molar-refractivity contribution in [2.45, 2.75) is 26.2 Å². The van der Waals surface area contributed by atoms with Crippen LogP contribution in [0.25, 0.3) is 0 Å². The van der Waals surface area contributed by atoms with E-state index in [9.17, 15) is 9.59 Å². The summed E-state index contributed by atoms with van der Waals surface area (Å²) >= 11 is 0. The summed E-state index contributed by atoms with van der Waals surface area (Å²) in [7, 11) is 1.55. The zero-order valence-corrected chi connectivity index (χ0v) is 14.5. The summed E-state index contributed by atoms with van der Waals surface area (Å²) in [6, 6.07) is 7.17. The van der Waals surface area contributed by atoms with Gasteiger partial charge in [0.05, 0.1) is 19.3 Å². The monoisotopic (exact) mass is 343 g/mol. The Morgan fingerprint density at radius 2 is 2.00 bits per heavy atom. The van der Waals surface area contributed by atoms with Crippen LogP contribution in [-0.4, -0.2) is 43.5 Å². The van der Waals surface area contributed by atoms with Crippen molar-refractivity contribution in [1.29, 1.82) is 0 Å². The molecule has 130 valence electrons. The standard InChI is InChI=1S/C16H25N3O3.ClH/c1-3-11-19(16(21)9-6-10-17)12-15(20)18-13-7-4-5-8-14(13)22-2;/h4-5,7-8H,3,6,9-12,17H2,1-2H3,(H,18,20);1H. The molecule has 0 aromatic heterocycles. The lowest BCUT2D eigenvalue weighted by Gasteiger charge is -2.22. The topological polar surface area (TPSA) is 84.7 Å². The predicted octanol–water partition coefficient (Wildman–Crippen LogP) is 2.03. The van der Waals surface area contributed by atoms with E-state index in [-0.39, 0.29) is 30.8 Å². The number of rotatable bonds is 9. The molecule has 0 saturated carbocycles. The maximum Gasteiger partial charge on any atom is 0.244 e. The number of benzene rings is 1. The van der Waals surface area contributed by atoms with Gasteiger partial charge >= 0.3 is 0 Å². The summed E-state index contributed by atoms with van der Waals surface area (Å²) in [5.74, 6) is 0.314. The smallest absolute Gasteiger partial charge is 0.244 e. The van der Waals surface area contributed by atoms with Crippen LogP contribution in [0.4, 0.5) is 5.69 Å². The lowest BCUT2D eigenvalue weighted by atomic mass is 10.2. The van der Waals surface area contributed by atoms with Gasteiger partial charge in [0, 0.05) is 13.0 Å². The van der Waals surface area contributed by atoms with Crippen molar-refractivity contribution in [2.24, 2.45) is 5.73 Å². The molecule has 0 aliphatic heterocycles. The van der Waals surface area contributed by atoms with E-state index in [1.165, 1.54) is 0 Å². The summed E-state index contributed by atoms with van der Waals surface area (Å²) in [4.78, 5) is 25.8. The minimum atomic E-state index is -0.237. The molecule has 0 atom stereocenters. The van der Waals surface area contributed by atoms with Gasteiger partial charge in [-0.3, -0.25) is 9.59 Å². The Labute approximate surface area is 143 Å². The fourth-order valence-electron chi connectivity index (χ4n) is 2.08. The van der Waals surface area contributed by atoms with Gasteiger partial charge in [-0.25, -0.2) is 0 Å². The molecule has 6 nitrogen and oxygen atoms in total. The van der Waals surface area contributed by atoms with Crippen LogP contribution in [0.15, 0.2) is 24.3 Å². The fraction of sp³-hybridized carbons (Fsp3) is 0.500. The lowest BCUT2D eigenvalue weighted by Crippen LogP contribution is -2.38. The summed E-state index contributed by atoms with van der Waals surface area (Å²) in [5, 5.41) is 2.78. The van der Waals surface area contributed by atoms with E-state index >= 15 is 0 Å². The number of carbonyl (C=O) groups is 2. The Bertz CT molecular complexity index is 497. The number of hydrogen-bond acceptors (Lipinski definition) is 4. The minimum Gasteiger partial charge on any atom is -0.495 e. The average molecular weight is 344 g/mol. The van der Waals surface area contributed by atoms with E-state index in [0.29, 0.717) is 37.4 Å². The molecule has 1 aromatic carbocycles. The van der Waals surface area contributed by atoms with Crippen molar-refractivity contribution >= 4 is 29.9 Å². The van der Waals surface area contributed by atoms with Gasteiger partial charge in [-0.15, -0.1) is 12.4 Å². The summed E-state index contributed by atoms with van der Waals surface area (Å²) in [6.45, 7) is 3.04. The molecular weight excluding hydrogens is 318 g/mol. The number of methoxy groups -OCH3 is 1. The van der Waals surface area contributed by atoms with Gasteiger partial charge < -0.3 is 20.7 Å². The second-order valence-corrected chi connectivity index (χ2v) is 4.96. The van der Waals surface area contributed by atoms with E-state index < -0.39 is 0 Å². The normalized spacial score (nSPS) is 9.70. The number of anilines is 1. The van der Waals surface area contributed by atoms with Crippen molar-refractivity contribution in [3.05, 3.63) is 24.3 Å². The largest absolute Gasteiger partial charge is 0.495 e. The van der Waals surface area contributed by atoms with Crippen molar-refractivity contribution in [1.82, 2.24) is 4.90 Å². The average Bonchev–Trinajstić information content (AvgIpc) is 2.52. The molecule has 0 saturated heterocycles. The second-order valence-electron chi connectivity index (χ2n) is 4.96. The summed E-state index contributed by atoms with van der Waals surface area (Å²) in [6.07, 6.45) is 1.81. The number of para-hydroxylation sites is 2. The van der Waals surface area contributed by atoms with Crippen LogP contribution in [0.1, 0.15) is 26.2 Å². The third-order valence-corrected chi connectivity index (χ3v) is 3.16. The molecule has 0 fully saturated rings. The molecule has 0 radical (unpaired) electrons. The Morgan fingerprint density at radius 1 is 1.30 bits per heavy atom. The van der Waals surface area contributed by atoms with Gasteiger partial charge in [-0.1, -0.05) is 19.1 Å². The number of nitrogens with one attached hydrogen (secondary N) is 1. The van der Waals surface area contributed by atoms with Gasteiger partial charge in [0.1, 0.15) is 5.75 Å². The van der Waals surface area contributed by atoms with Gasteiger partial charge in [-0.2, -0.15) is 0 Å². The quantitative estimate of drug-likeness (QED) is 0.718. The van der Waals surface area contributed by atoms with Crippen LogP contribution in [0.2, 0.25) is 0 Å². The highest BCUT2D eigenvalue weighted by Gasteiger charge is 2.16. The maximum absolute atomic E-state index is 12.2. The minimum absolute atomic E-state index is 0. The zero-order valence-electron chi connectivity index (χ0n) is 13.7. The van der Waals surface area contributed by atoms with Crippen LogP contribution < -0.4 is 15.8 Å². The Morgan fingerprint density at radius 3 is 2.61 bits per heavy atom. The Hall–Kier alpha value is -1.79. The first-order valence-electron chi connectivity index (χ1n) is 7.53. The predicted molar refractivity (Wildman–Crippen MR) is 94.0 cm³/mol. The zero-order chi connectivity index (χ0) is 16.4. The molecule has 0 spiro atoms. The van der Waals surface area contributed by atoms with Gasteiger partial charge in [0.25, 0.3) is 0 Å². The van der Waals surface area contributed by atoms with Crippen molar-refractivity contribution < 1.29 is 14.3 Å². The molecule has 2 amide bonds. The third-order valence-electron chi connectivity index (χ3n) is 3.16. The molecule has 23 heavy (non-hydrogen) atoms. The summed E-state index contributed by atoms with van der Waals surface area (Å²) in [5.41, 5.74) is 6.02. The van der Waals surface area contributed by atoms with E-state index in [0.717, 1.165) is 6.42 Å². The highest BCUT2D eigenvalue weighted by Crippen LogP contribution is 2.22. The van der Waals surface area contributed by atoms with E-state index in [1.807, 2.05) is 19.1 Å². The second kappa shape index (κ2) is 11.7. The molecule has 0 aliphatic rings. The Kier molecular flexibility index (Phi) is 10.8. The van der Waals surface area contributed by atoms with Crippen LogP contribution >= 0.6 is 12.4 Å². The number of carbonyl (C=O) groups excluding carboxylic acids is 2. The number of hydrogen-bond donors (Lipinski definition) is 2. The van der Waals surface area contributed by atoms with Crippen LogP contribution in [-0.2, 0) is 9.59 Å². The van der Waals surface area contributed by atoms with Gasteiger partial charge in [0.2, 0.25) is 11.8 Å². The van der Waals surface area contributed by atoms with E-state index in [1.54, 1.807) is 24.1 Å². The lowest BCUT2D eigenvalue weighted by molar-refractivity contribution is -0.134. The van der Waals surface area contributed by atoms with Crippen LogP contribution in [0, 0.1) is 0 Å². The van der Waals surface area contributed by atoms with Gasteiger partial charge in [0.15, 0.2) is 0 Å². The van der Waals surface area contributed by atoms with Crippen molar-refractivity contribution in [3.63, 3.8) is 0 Å². The molecular formula is C16H26ClN3O3. The Balaban J connectivity index is 0.00000484. The molecule has 0 aliphatic carbocycles. The SMILES string of the molecule is CCCN(CC(=O)Nc1ccccc1OC)C(=O)CCCN.Cl. The molecule has 0 bridgehead atoms. The van der Waals surface area contributed by atoms with Crippen LogP contribution in [0.3, 0.4) is 0 Å². The number of amides is 2. The number of nitrogens with zero attached hydrogens (tertiary/aromatic N) is 1. The van der Waals surface area contributed by atoms with Crippen molar-refractivity contribution in [3.8, 4) is 5.75 Å². The highest BCUT2D eigenvalue weighted by atomic mass is 35.5. The maximum atomic E-state index is 12.2. The number of ether oxygens (including phenoxy) is 1. The van der Waals surface area contributed by atoms with E-state index in [2.05, 4.69) is 5.32 Å². The molecule has 1 rings (SSSR count). The van der Waals surface area contributed by atoms with Crippen LogP contribution in [0.5, 0.6) is 5.75 Å². The highest BCUT2D eigenvalue weighted by molar-refractivity contribution is 5.95. The fourth-order valence-corrected chi connectivity index (χ4v) is 2.08. The molecule has 0 unspecified atom stereocenters.